The molecule has 6 nitrogen and oxygen atoms in total. The van der Waals surface area contributed by atoms with Gasteiger partial charge in [-0.15, -0.1) is 5.10 Å². The number of aromatic nitrogens is 5. The SMILES string of the molecule is CCSc1n[nH]c(Nc2cc(C)nc(Cl)n2)n1. The molecule has 2 rings (SSSR count). The van der Waals surface area contributed by atoms with Crippen LogP contribution >= 0.6 is 23.4 Å². The van der Waals surface area contributed by atoms with Crippen molar-refractivity contribution >= 4 is 35.1 Å². The van der Waals surface area contributed by atoms with E-state index in [1.807, 2.05) is 13.8 Å². The van der Waals surface area contributed by atoms with Crippen molar-refractivity contribution in [2.24, 2.45) is 0 Å². The van der Waals surface area contributed by atoms with Gasteiger partial charge in [-0.25, -0.2) is 15.1 Å². The molecule has 0 bridgehead atoms. The average Bonchev–Trinajstić information content (AvgIpc) is 2.64. The van der Waals surface area contributed by atoms with Crippen molar-refractivity contribution in [3.05, 3.63) is 17.0 Å². The summed E-state index contributed by atoms with van der Waals surface area (Å²) in [5.41, 5.74) is 0.787. The summed E-state index contributed by atoms with van der Waals surface area (Å²) in [5, 5.41) is 10.7. The standard InChI is InChI=1S/C9H11ClN6S/c1-3-17-9-14-8(15-16-9)13-6-4-5(2)11-7(10)12-6/h4H,3H2,1-2H3,(H2,11,12,13,14,15,16). The Morgan fingerprint density at radius 2 is 2.24 bits per heavy atom. The number of H-pyrrole nitrogens is 1. The monoisotopic (exact) mass is 270 g/mol. The lowest BCUT2D eigenvalue weighted by Crippen LogP contribution is -1.98. The maximum atomic E-state index is 5.76. The molecule has 0 saturated carbocycles. The van der Waals surface area contributed by atoms with Crippen molar-refractivity contribution in [1.82, 2.24) is 25.1 Å². The molecule has 0 amide bonds. The number of rotatable bonds is 4. The third kappa shape index (κ3) is 3.31. The van der Waals surface area contributed by atoms with E-state index in [0.29, 0.717) is 16.9 Å². The Balaban J connectivity index is 2.13. The van der Waals surface area contributed by atoms with Crippen LogP contribution in [0.2, 0.25) is 5.28 Å². The lowest BCUT2D eigenvalue weighted by Gasteiger charge is -2.02. The van der Waals surface area contributed by atoms with Crippen LogP contribution in [0.15, 0.2) is 11.2 Å². The van der Waals surface area contributed by atoms with Crippen LogP contribution in [0, 0.1) is 6.92 Å². The minimum absolute atomic E-state index is 0.204. The molecular weight excluding hydrogens is 260 g/mol. The van der Waals surface area contributed by atoms with Gasteiger partial charge < -0.3 is 5.32 Å². The van der Waals surface area contributed by atoms with Crippen LogP contribution in [-0.2, 0) is 0 Å². The number of hydrogen-bond donors (Lipinski definition) is 2. The summed E-state index contributed by atoms with van der Waals surface area (Å²) in [7, 11) is 0. The van der Waals surface area contributed by atoms with E-state index >= 15 is 0 Å². The average molecular weight is 271 g/mol. The molecule has 2 aromatic rings. The molecule has 0 saturated heterocycles. The summed E-state index contributed by atoms with van der Waals surface area (Å²) in [6, 6.07) is 1.78. The molecule has 0 fully saturated rings. The first-order valence-electron chi connectivity index (χ1n) is 5.01. The second-order valence-corrected chi connectivity index (χ2v) is 4.76. The summed E-state index contributed by atoms with van der Waals surface area (Å²) >= 11 is 7.32. The van der Waals surface area contributed by atoms with Crippen molar-refractivity contribution in [2.75, 3.05) is 11.1 Å². The van der Waals surface area contributed by atoms with Gasteiger partial charge in [0.25, 0.3) is 0 Å². The van der Waals surface area contributed by atoms with Gasteiger partial charge >= 0.3 is 0 Å². The highest BCUT2D eigenvalue weighted by atomic mass is 35.5. The van der Waals surface area contributed by atoms with E-state index in [0.717, 1.165) is 11.4 Å². The third-order valence-corrected chi connectivity index (χ3v) is 2.71. The number of nitrogens with zero attached hydrogens (tertiary/aromatic N) is 4. The largest absolute Gasteiger partial charge is 0.309 e. The van der Waals surface area contributed by atoms with Crippen molar-refractivity contribution in [3.8, 4) is 0 Å². The smallest absolute Gasteiger partial charge is 0.225 e. The number of hydrogen-bond acceptors (Lipinski definition) is 6. The van der Waals surface area contributed by atoms with Gasteiger partial charge in [-0.05, 0) is 24.3 Å². The topological polar surface area (TPSA) is 79.4 Å². The van der Waals surface area contributed by atoms with Crippen LogP contribution in [0.5, 0.6) is 0 Å². The fourth-order valence-electron chi connectivity index (χ4n) is 1.21. The predicted octanol–water partition coefficient (Wildman–Crippen LogP) is 2.41. The number of anilines is 2. The van der Waals surface area contributed by atoms with E-state index in [-0.39, 0.29) is 5.28 Å². The van der Waals surface area contributed by atoms with E-state index in [2.05, 4.69) is 30.5 Å². The second-order valence-electron chi connectivity index (χ2n) is 3.19. The Labute approximate surface area is 108 Å². The molecule has 0 aliphatic rings. The Bertz CT molecular complexity index is 494. The van der Waals surface area contributed by atoms with Crippen LogP contribution in [0.25, 0.3) is 0 Å². The van der Waals surface area contributed by atoms with Crippen LogP contribution in [0.3, 0.4) is 0 Å². The van der Waals surface area contributed by atoms with Gasteiger partial charge in [0.15, 0.2) is 0 Å². The van der Waals surface area contributed by atoms with Crippen molar-refractivity contribution in [1.29, 1.82) is 0 Å². The number of thioether (sulfide) groups is 1. The molecule has 2 N–H and O–H groups in total. The van der Waals surface area contributed by atoms with Crippen molar-refractivity contribution in [3.63, 3.8) is 0 Å². The quantitative estimate of drug-likeness (QED) is 0.656. The molecule has 0 spiro atoms. The molecular formula is C9H11ClN6S. The molecule has 2 aromatic heterocycles. The summed E-state index contributed by atoms with van der Waals surface area (Å²) in [6.45, 7) is 3.89. The van der Waals surface area contributed by atoms with Crippen molar-refractivity contribution in [2.45, 2.75) is 19.0 Å². The highest BCUT2D eigenvalue weighted by molar-refractivity contribution is 7.99. The maximum absolute atomic E-state index is 5.76. The van der Waals surface area contributed by atoms with Gasteiger partial charge in [0.1, 0.15) is 5.82 Å². The first-order valence-corrected chi connectivity index (χ1v) is 6.37. The number of aryl methyl sites for hydroxylation is 1. The second kappa shape index (κ2) is 5.33. The van der Waals surface area contributed by atoms with Crippen LogP contribution in [-0.4, -0.2) is 30.9 Å². The minimum atomic E-state index is 0.204. The Kier molecular flexibility index (Phi) is 3.80. The van der Waals surface area contributed by atoms with Gasteiger partial charge in [-0.2, -0.15) is 4.98 Å². The first kappa shape index (κ1) is 12.1. The highest BCUT2D eigenvalue weighted by Gasteiger charge is 2.05. The van der Waals surface area contributed by atoms with E-state index in [1.54, 1.807) is 17.8 Å². The fraction of sp³-hybridized carbons (Fsp3) is 0.333. The molecule has 0 aliphatic carbocycles. The van der Waals surface area contributed by atoms with Gasteiger partial charge in [-0.3, -0.25) is 0 Å². The fourth-order valence-corrected chi connectivity index (χ4v) is 1.96. The lowest BCUT2D eigenvalue weighted by atomic mass is 10.4. The van der Waals surface area contributed by atoms with Crippen LogP contribution in [0.1, 0.15) is 12.6 Å². The zero-order chi connectivity index (χ0) is 12.3. The number of aromatic amines is 1. The molecule has 0 unspecified atom stereocenters. The van der Waals surface area contributed by atoms with E-state index in [1.165, 1.54) is 0 Å². The lowest BCUT2D eigenvalue weighted by molar-refractivity contribution is 0.974. The molecule has 0 aliphatic heterocycles. The van der Waals surface area contributed by atoms with Crippen LogP contribution < -0.4 is 5.32 Å². The van der Waals surface area contributed by atoms with Gasteiger partial charge in [0.05, 0.1) is 0 Å². The molecule has 8 heteroatoms. The van der Waals surface area contributed by atoms with Gasteiger partial charge in [0.2, 0.25) is 16.4 Å². The van der Waals surface area contributed by atoms with E-state index < -0.39 is 0 Å². The molecule has 0 aromatic carbocycles. The van der Waals surface area contributed by atoms with E-state index in [4.69, 9.17) is 11.6 Å². The predicted molar refractivity (Wildman–Crippen MR) is 67.8 cm³/mol. The Morgan fingerprint density at radius 1 is 1.41 bits per heavy atom. The van der Waals surface area contributed by atoms with Crippen molar-refractivity contribution < 1.29 is 0 Å². The first-order chi connectivity index (χ1) is 8.17. The summed E-state index contributed by atoms with van der Waals surface area (Å²) in [4.78, 5) is 12.2. The molecule has 2 heterocycles. The molecule has 0 radical (unpaired) electrons. The summed E-state index contributed by atoms with van der Waals surface area (Å²) in [6.07, 6.45) is 0. The number of nitrogens with one attached hydrogen (secondary N) is 2. The zero-order valence-electron chi connectivity index (χ0n) is 9.36. The maximum Gasteiger partial charge on any atom is 0.225 e. The third-order valence-electron chi connectivity index (χ3n) is 1.81. The Morgan fingerprint density at radius 3 is 2.94 bits per heavy atom. The highest BCUT2D eigenvalue weighted by Crippen LogP contribution is 2.17. The van der Waals surface area contributed by atoms with Crippen LogP contribution in [0.4, 0.5) is 11.8 Å². The minimum Gasteiger partial charge on any atom is -0.309 e. The summed E-state index contributed by atoms with van der Waals surface area (Å²) in [5.74, 6) is 2.05. The van der Waals surface area contributed by atoms with E-state index in [9.17, 15) is 0 Å². The Hall–Kier alpha value is -1.34. The summed E-state index contributed by atoms with van der Waals surface area (Å²) < 4.78 is 0. The zero-order valence-corrected chi connectivity index (χ0v) is 10.9. The van der Waals surface area contributed by atoms with Gasteiger partial charge in [0, 0.05) is 11.8 Å². The molecule has 90 valence electrons. The molecule has 17 heavy (non-hydrogen) atoms. The normalized spacial score (nSPS) is 10.5. The number of halogens is 1. The molecule has 0 atom stereocenters. The van der Waals surface area contributed by atoms with Gasteiger partial charge in [-0.1, -0.05) is 18.7 Å².